The first-order chi connectivity index (χ1) is 15.1. The van der Waals surface area contributed by atoms with Gasteiger partial charge in [0.2, 0.25) is 0 Å². The van der Waals surface area contributed by atoms with Gasteiger partial charge in [0.1, 0.15) is 18.1 Å². The lowest BCUT2D eigenvalue weighted by Gasteiger charge is -2.26. The minimum absolute atomic E-state index is 0.122. The summed E-state index contributed by atoms with van der Waals surface area (Å²) in [4.78, 5) is 26.8. The third kappa shape index (κ3) is 4.23. The molecule has 0 saturated carbocycles. The summed E-state index contributed by atoms with van der Waals surface area (Å²) in [6.07, 6.45) is 1.71. The molecule has 4 rings (SSSR count). The summed E-state index contributed by atoms with van der Waals surface area (Å²) in [5.74, 6) is -0.0946. The number of carbonyl (C=O) groups excluding carboxylic acids is 2. The first-order valence-corrected chi connectivity index (χ1v) is 10.1. The van der Waals surface area contributed by atoms with Crippen LogP contribution in [0.4, 0.5) is 0 Å². The van der Waals surface area contributed by atoms with Gasteiger partial charge in [0.25, 0.3) is 5.91 Å². The second-order valence-corrected chi connectivity index (χ2v) is 7.30. The van der Waals surface area contributed by atoms with Crippen molar-refractivity contribution >= 4 is 11.7 Å². The van der Waals surface area contributed by atoms with Crippen molar-refractivity contribution in [2.24, 2.45) is 0 Å². The Morgan fingerprint density at radius 3 is 2.45 bits per heavy atom. The summed E-state index contributed by atoms with van der Waals surface area (Å²) >= 11 is 0. The zero-order valence-corrected chi connectivity index (χ0v) is 17.2. The summed E-state index contributed by atoms with van der Waals surface area (Å²) in [7, 11) is 0. The monoisotopic (exact) mass is 417 g/mol. The van der Waals surface area contributed by atoms with Crippen LogP contribution in [-0.2, 0) is 22.7 Å². The Bertz CT molecular complexity index is 1080. The van der Waals surface area contributed by atoms with E-state index in [1.807, 2.05) is 42.5 Å². The smallest absolute Gasteiger partial charge is 0.290 e. The van der Waals surface area contributed by atoms with Gasteiger partial charge in [-0.25, -0.2) is 0 Å². The molecule has 1 atom stereocenters. The summed E-state index contributed by atoms with van der Waals surface area (Å²) in [5.41, 5.74) is 1.89. The van der Waals surface area contributed by atoms with E-state index in [0.717, 1.165) is 5.56 Å². The van der Waals surface area contributed by atoms with Crippen LogP contribution in [-0.4, -0.2) is 21.7 Å². The molecule has 0 fully saturated rings. The SMILES string of the molecule is CCC(=O)C1=C(O)C(=O)N(Cc2ccco2)C1c1ccc(OCc2ccccc2)cc1. The normalized spacial score (nSPS) is 16.1. The van der Waals surface area contributed by atoms with E-state index in [0.29, 0.717) is 23.7 Å². The van der Waals surface area contributed by atoms with Crippen LogP contribution in [0.15, 0.2) is 88.7 Å². The van der Waals surface area contributed by atoms with Crippen LogP contribution in [0.3, 0.4) is 0 Å². The molecule has 1 N–H and O–H groups in total. The average Bonchev–Trinajstić information content (AvgIpc) is 3.41. The number of furan rings is 1. The predicted octanol–water partition coefficient (Wildman–Crippen LogP) is 4.73. The van der Waals surface area contributed by atoms with Gasteiger partial charge in [0.05, 0.1) is 24.4 Å². The highest BCUT2D eigenvalue weighted by molar-refractivity contribution is 6.08. The number of carbonyl (C=O) groups is 2. The van der Waals surface area contributed by atoms with Crippen LogP contribution in [0.1, 0.15) is 36.3 Å². The van der Waals surface area contributed by atoms with Crippen molar-refractivity contribution in [1.82, 2.24) is 4.90 Å². The number of amides is 1. The number of rotatable bonds is 8. The van der Waals surface area contributed by atoms with E-state index >= 15 is 0 Å². The van der Waals surface area contributed by atoms with Crippen molar-refractivity contribution in [3.63, 3.8) is 0 Å². The molecule has 2 aromatic carbocycles. The van der Waals surface area contributed by atoms with Gasteiger partial charge >= 0.3 is 0 Å². The molecule has 158 valence electrons. The quantitative estimate of drug-likeness (QED) is 0.573. The van der Waals surface area contributed by atoms with E-state index in [1.165, 1.54) is 11.2 Å². The highest BCUT2D eigenvalue weighted by Crippen LogP contribution is 2.39. The fourth-order valence-corrected chi connectivity index (χ4v) is 3.70. The molecule has 6 heteroatoms. The number of benzene rings is 2. The summed E-state index contributed by atoms with van der Waals surface area (Å²) in [6, 6.07) is 19.9. The zero-order valence-electron chi connectivity index (χ0n) is 17.2. The molecule has 0 aliphatic carbocycles. The van der Waals surface area contributed by atoms with E-state index < -0.39 is 17.7 Å². The van der Waals surface area contributed by atoms with Crippen LogP contribution in [0.25, 0.3) is 0 Å². The summed E-state index contributed by atoms with van der Waals surface area (Å²) in [5, 5.41) is 10.5. The molecule has 0 saturated heterocycles. The number of hydrogen-bond donors (Lipinski definition) is 1. The standard InChI is InChI=1S/C25H23NO5/c1-2-21(27)22-23(26(25(29)24(22)28)15-20-9-6-14-30-20)18-10-12-19(13-11-18)31-16-17-7-4-3-5-8-17/h3-14,23,28H,2,15-16H2,1H3. The fraction of sp³-hybridized carbons (Fsp3) is 0.200. The Morgan fingerprint density at radius 2 is 1.81 bits per heavy atom. The molecule has 3 aromatic rings. The molecule has 1 aliphatic rings. The number of aliphatic hydroxyl groups excluding tert-OH is 1. The fourth-order valence-electron chi connectivity index (χ4n) is 3.70. The first kappa shape index (κ1) is 20.5. The minimum atomic E-state index is -0.687. The van der Waals surface area contributed by atoms with Gasteiger partial charge in [-0.1, -0.05) is 49.4 Å². The number of nitrogens with zero attached hydrogens (tertiary/aromatic N) is 1. The van der Waals surface area contributed by atoms with Gasteiger partial charge in [0.15, 0.2) is 11.5 Å². The summed E-state index contributed by atoms with van der Waals surface area (Å²) < 4.78 is 11.2. The maximum absolute atomic E-state index is 12.8. The largest absolute Gasteiger partial charge is 0.503 e. The molecule has 1 unspecified atom stereocenters. The highest BCUT2D eigenvalue weighted by Gasteiger charge is 2.43. The molecule has 1 aliphatic heterocycles. The predicted molar refractivity (Wildman–Crippen MR) is 114 cm³/mol. The molecule has 31 heavy (non-hydrogen) atoms. The Balaban J connectivity index is 1.60. The van der Waals surface area contributed by atoms with Crippen LogP contribution in [0, 0.1) is 0 Å². The van der Waals surface area contributed by atoms with Crippen molar-refractivity contribution in [2.45, 2.75) is 32.5 Å². The second kappa shape index (κ2) is 8.92. The van der Waals surface area contributed by atoms with Crippen molar-refractivity contribution in [2.75, 3.05) is 0 Å². The molecular formula is C25H23NO5. The Morgan fingerprint density at radius 1 is 1.06 bits per heavy atom. The molecule has 0 bridgehead atoms. The zero-order chi connectivity index (χ0) is 21.8. The van der Waals surface area contributed by atoms with E-state index in [1.54, 1.807) is 31.2 Å². The van der Waals surface area contributed by atoms with E-state index in [2.05, 4.69) is 0 Å². The average molecular weight is 417 g/mol. The third-order valence-electron chi connectivity index (χ3n) is 5.28. The van der Waals surface area contributed by atoms with Gasteiger partial charge in [-0.05, 0) is 35.4 Å². The maximum atomic E-state index is 12.8. The van der Waals surface area contributed by atoms with Crippen LogP contribution < -0.4 is 4.74 Å². The van der Waals surface area contributed by atoms with Crippen molar-refractivity contribution < 1.29 is 23.8 Å². The number of hydrogen-bond acceptors (Lipinski definition) is 5. The molecular weight excluding hydrogens is 394 g/mol. The number of Topliss-reactive ketones (excluding diaryl/α,β-unsaturated/α-hetero) is 1. The highest BCUT2D eigenvalue weighted by atomic mass is 16.5. The lowest BCUT2D eigenvalue weighted by molar-refractivity contribution is -0.130. The van der Waals surface area contributed by atoms with E-state index in [-0.39, 0.29) is 24.3 Å². The molecule has 1 amide bonds. The topological polar surface area (TPSA) is 80.0 Å². The van der Waals surface area contributed by atoms with E-state index in [9.17, 15) is 14.7 Å². The van der Waals surface area contributed by atoms with Gasteiger partial charge in [-0.15, -0.1) is 0 Å². The molecule has 2 heterocycles. The van der Waals surface area contributed by atoms with Crippen molar-refractivity contribution in [3.05, 3.63) is 101 Å². The Kier molecular flexibility index (Phi) is 5.89. The third-order valence-corrected chi connectivity index (χ3v) is 5.28. The number of ether oxygens (including phenoxy) is 1. The van der Waals surface area contributed by atoms with Crippen molar-refractivity contribution in [1.29, 1.82) is 0 Å². The van der Waals surface area contributed by atoms with Gasteiger partial charge in [-0.3, -0.25) is 9.59 Å². The van der Waals surface area contributed by atoms with Crippen LogP contribution in [0.5, 0.6) is 5.75 Å². The summed E-state index contributed by atoms with van der Waals surface area (Å²) in [6.45, 7) is 2.29. The van der Waals surface area contributed by atoms with Crippen molar-refractivity contribution in [3.8, 4) is 5.75 Å². The maximum Gasteiger partial charge on any atom is 0.290 e. The molecule has 0 radical (unpaired) electrons. The lowest BCUT2D eigenvalue weighted by atomic mass is 9.95. The molecule has 1 aromatic heterocycles. The van der Waals surface area contributed by atoms with Gasteiger partial charge in [-0.2, -0.15) is 0 Å². The lowest BCUT2D eigenvalue weighted by Crippen LogP contribution is -2.30. The van der Waals surface area contributed by atoms with Crippen LogP contribution >= 0.6 is 0 Å². The Hall–Kier alpha value is -3.80. The number of ketones is 1. The van der Waals surface area contributed by atoms with Gasteiger partial charge in [0, 0.05) is 6.42 Å². The molecule has 0 spiro atoms. The molecule has 6 nitrogen and oxygen atoms in total. The second-order valence-electron chi connectivity index (χ2n) is 7.30. The minimum Gasteiger partial charge on any atom is -0.503 e. The number of aliphatic hydroxyl groups is 1. The van der Waals surface area contributed by atoms with Gasteiger partial charge < -0.3 is 19.2 Å². The van der Waals surface area contributed by atoms with E-state index in [4.69, 9.17) is 9.15 Å². The first-order valence-electron chi connectivity index (χ1n) is 10.1. The Labute approximate surface area is 180 Å². The van der Waals surface area contributed by atoms with Crippen LogP contribution in [0.2, 0.25) is 0 Å².